The number of fused-ring (bicyclic) bond motifs is 1. The molecule has 0 aromatic heterocycles. The summed E-state index contributed by atoms with van der Waals surface area (Å²) in [7, 11) is 2.00. The third-order valence-corrected chi connectivity index (χ3v) is 3.13. The lowest BCUT2D eigenvalue weighted by molar-refractivity contribution is 0.0284. The summed E-state index contributed by atoms with van der Waals surface area (Å²) in [6, 6.07) is 6.69. The van der Waals surface area contributed by atoms with E-state index in [0.717, 1.165) is 18.6 Å². The minimum atomic E-state index is -0.785. The molecule has 1 atom stereocenters. The van der Waals surface area contributed by atoms with Crippen LogP contribution in [0.1, 0.15) is 37.4 Å². The highest BCUT2D eigenvalue weighted by molar-refractivity contribution is 5.40. The van der Waals surface area contributed by atoms with Gasteiger partial charge in [-0.15, -0.1) is 0 Å². The molecule has 0 spiro atoms. The Balaban J connectivity index is 2.08. The van der Waals surface area contributed by atoms with Crippen LogP contribution in [0.25, 0.3) is 0 Å². The number of rotatable bonds is 4. The van der Waals surface area contributed by atoms with E-state index in [-0.39, 0.29) is 0 Å². The molecule has 1 aromatic rings. The van der Waals surface area contributed by atoms with E-state index in [4.69, 9.17) is 4.74 Å². The zero-order chi connectivity index (χ0) is 12.5. The summed E-state index contributed by atoms with van der Waals surface area (Å²) < 4.78 is 5.59. The van der Waals surface area contributed by atoms with Gasteiger partial charge in [0.2, 0.25) is 0 Å². The van der Waals surface area contributed by atoms with E-state index in [9.17, 15) is 5.11 Å². The van der Waals surface area contributed by atoms with Gasteiger partial charge in [-0.05, 0) is 57.0 Å². The standard InChI is InChI=1S/C14H21NO2/c1-14(2,16)9-17-11-5-6-12-10(8-11)4-7-13(12)15-3/h5-6,8,13,15-16H,4,7,9H2,1-3H3. The summed E-state index contributed by atoms with van der Waals surface area (Å²) in [5, 5.41) is 12.9. The number of hydrogen-bond donors (Lipinski definition) is 2. The number of aliphatic hydroxyl groups is 1. The van der Waals surface area contributed by atoms with Crippen molar-refractivity contribution in [2.24, 2.45) is 0 Å². The Morgan fingerprint density at radius 1 is 1.47 bits per heavy atom. The first kappa shape index (κ1) is 12.4. The van der Waals surface area contributed by atoms with Crippen molar-refractivity contribution in [2.75, 3.05) is 13.7 Å². The van der Waals surface area contributed by atoms with Crippen LogP contribution in [0, 0.1) is 0 Å². The molecule has 0 radical (unpaired) electrons. The molecule has 2 N–H and O–H groups in total. The van der Waals surface area contributed by atoms with Crippen molar-refractivity contribution < 1.29 is 9.84 Å². The lowest BCUT2D eigenvalue weighted by Gasteiger charge is -2.18. The first-order valence-corrected chi connectivity index (χ1v) is 6.15. The lowest BCUT2D eigenvalue weighted by Crippen LogP contribution is -2.27. The number of benzene rings is 1. The quantitative estimate of drug-likeness (QED) is 0.839. The molecule has 0 saturated carbocycles. The molecule has 3 heteroatoms. The summed E-state index contributed by atoms with van der Waals surface area (Å²) in [6.45, 7) is 3.82. The Hall–Kier alpha value is -1.06. The predicted octanol–water partition coefficient (Wildman–Crippen LogP) is 2.04. The Morgan fingerprint density at radius 2 is 2.24 bits per heavy atom. The largest absolute Gasteiger partial charge is 0.491 e. The molecule has 3 nitrogen and oxygen atoms in total. The van der Waals surface area contributed by atoms with Gasteiger partial charge in [0.25, 0.3) is 0 Å². The van der Waals surface area contributed by atoms with Gasteiger partial charge in [-0.1, -0.05) is 6.07 Å². The molecule has 1 unspecified atom stereocenters. The number of aryl methyl sites for hydroxylation is 1. The smallest absolute Gasteiger partial charge is 0.119 e. The molecule has 0 saturated heterocycles. The van der Waals surface area contributed by atoms with Crippen LogP contribution in [-0.4, -0.2) is 24.4 Å². The minimum absolute atomic E-state index is 0.321. The fourth-order valence-corrected chi connectivity index (χ4v) is 2.24. The van der Waals surface area contributed by atoms with Crippen molar-refractivity contribution >= 4 is 0 Å². The van der Waals surface area contributed by atoms with E-state index in [1.165, 1.54) is 11.1 Å². The van der Waals surface area contributed by atoms with Crippen molar-refractivity contribution in [1.82, 2.24) is 5.32 Å². The molecule has 1 aromatic carbocycles. The second-order valence-corrected chi connectivity index (χ2v) is 5.34. The summed E-state index contributed by atoms with van der Waals surface area (Å²) >= 11 is 0. The molecular formula is C14H21NO2. The second-order valence-electron chi connectivity index (χ2n) is 5.34. The molecule has 0 aliphatic heterocycles. The minimum Gasteiger partial charge on any atom is -0.491 e. The first-order chi connectivity index (χ1) is 7.99. The molecular weight excluding hydrogens is 214 g/mol. The van der Waals surface area contributed by atoms with Gasteiger partial charge >= 0.3 is 0 Å². The third-order valence-electron chi connectivity index (χ3n) is 3.13. The molecule has 0 fully saturated rings. The second kappa shape index (κ2) is 4.67. The fourth-order valence-electron chi connectivity index (χ4n) is 2.24. The maximum Gasteiger partial charge on any atom is 0.119 e. The van der Waals surface area contributed by atoms with E-state index in [1.807, 2.05) is 13.1 Å². The summed E-state index contributed by atoms with van der Waals surface area (Å²) in [6.07, 6.45) is 2.25. The molecule has 1 aliphatic carbocycles. The highest BCUT2D eigenvalue weighted by Gasteiger charge is 2.21. The van der Waals surface area contributed by atoms with Crippen LogP contribution in [0.5, 0.6) is 5.75 Å². The van der Waals surface area contributed by atoms with E-state index >= 15 is 0 Å². The maximum absolute atomic E-state index is 9.62. The first-order valence-electron chi connectivity index (χ1n) is 6.15. The predicted molar refractivity (Wildman–Crippen MR) is 68.4 cm³/mol. The zero-order valence-corrected chi connectivity index (χ0v) is 10.8. The van der Waals surface area contributed by atoms with Gasteiger partial charge in [0.1, 0.15) is 12.4 Å². The molecule has 0 amide bonds. The summed E-state index contributed by atoms with van der Waals surface area (Å²) in [5.74, 6) is 0.850. The molecule has 1 aliphatic rings. The molecule has 2 rings (SSSR count). The van der Waals surface area contributed by atoms with Gasteiger partial charge in [0, 0.05) is 6.04 Å². The fraction of sp³-hybridized carbons (Fsp3) is 0.571. The van der Waals surface area contributed by atoms with Crippen LogP contribution in [0.2, 0.25) is 0 Å². The normalized spacial score (nSPS) is 19.2. The average Bonchev–Trinajstić information content (AvgIpc) is 2.67. The maximum atomic E-state index is 9.62. The van der Waals surface area contributed by atoms with Crippen LogP contribution in [0.3, 0.4) is 0 Å². The molecule has 0 heterocycles. The Kier molecular flexibility index (Phi) is 3.40. The van der Waals surface area contributed by atoms with Gasteiger partial charge in [0.15, 0.2) is 0 Å². The average molecular weight is 235 g/mol. The number of ether oxygens (including phenoxy) is 1. The SMILES string of the molecule is CNC1CCc2cc(OCC(C)(C)O)ccc21. The van der Waals surface area contributed by atoms with Gasteiger partial charge in [0.05, 0.1) is 5.60 Å². The van der Waals surface area contributed by atoms with Gasteiger partial charge in [-0.2, -0.15) is 0 Å². The van der Waals surface area contributed by atoms with Gasteiger partial charge in [-0.25, -0.2) is 0 Å². The zero-order valence-electron chi connectivity index (χ0n) is 10.8. The molecule has 17 heavy (non-hydrogen) atoms. The van der Waals surface area contributed by atoms with E-state index < -0.39 is 5.60 Å². The van der Waals surface area contributed by atoms with Crippen LogP contribution in [-0.2, 0) is 6.42 Å². The van der Waals surface area contributed by atoms with Crippen molar-refractivity contribution in [1.29, 1.82) is 0 Å². The van der Waals surface area contributed by atoms with E-state index in [0.29, 0.717) is 12.6 Å². The Bertz CT molecular complexity index is 396. The summed E-state index contributed by atoms with van der Waals surface area (Å²) in [5.41, 5.74) is 1.95. The van der Waals surface area contributed by atoms with Gasteiger partial charge in [-0.3, -0.25) is 0 Å². The monoisotopic (exact) mass is 235 g/mol. The topological polar surface area (TPSA) is 41.5 Å². The van der Waals surface area contributed by atoms with Crippen molar-refractivity contribution in [3.8, 4) is 5.75 Å². The highest BCUT2D eigenvalue weighted by Crippen LogP contribution is 2.33. The highest BCUT2D eigenvalue weighted by atomic mass is 16.5. The van der Waals surface area contributed by atoms with Crippen LogP contribution < -0.4 is 10.1 Å². The lowest BCUT2D eigenvalue weighted by atomic mass is 10.1. The molecule has 94 valence electrons. The van der Waals surface area contributed by atoms with Crippen molar-refractivity contribution in [3.05, 3.63) is 29.3 Å². The van der Waals surface area contributed by atoms with Crippen LogP contribution in [0.15, 0.2) is 18.2 Å². The van der Waals surface area contributed by atoms with E-state index in [1.54, 1.807) is 13.8 Å². The summed E-state index contributed by atoms with van der Waals surface area (Å²) in [4.78, 5) is 0. The Labute approximate surface area is 103 Å². The van der Waals surface area contributed by atoms with Crippen molar-refractivity contribution in [2.45, 2.75) is 38.3 Å². The number of hydrogen-bond acceptors (Lipinski definition) is 3. The van der Waals surface area contributed by atoms with Crippen LogP contribution >= 0.6 is 0 Å². The van der Waals surface area contributed by atoms with E-state index in [2.05, 4.69) is 17.4 Å². The number of nitrogens with one attached hydrogen (secondary N) is 1. The van der Waals surface area contributed by atoms with Crippen LogP contribution in [0.4, 0.5) is 0 Å². The molecule has 0 bridgehead atoms. The van der Waals surface area contributed by atoms with Crippen molar-refractivity contribution in [3.63, 3.8) is 0 Å². The van der Waals surface area contributed by atoms with Gasteiger partial charge < -0.3 is 15.2 Å². The third kappa shape index (κ3) is 2.99. The Morgan fingerprint density at radius 3 is 2.88 bits per heavy atom.